The number of aromatic nitrogens is 1. The van der Waals surface area contributed by atoms with Gasteiger partial charge >= 0.3 is 0 Å². The van der Waals surface area contributed by atoms with Gasteiger partial charge in [-0.25, -0.2) is 0 Å². The molecule has 0 aliphatic rings. The minimum atomic E-state index is -0.285. The van der Waals surface area contributed by atoms with Crippen LogP contribution in [0.4, 0.5) is 11.4 Å². The molecule has 1 amide bonds. The maximum absolute atomic E-state index is 12.4. The van der Waals surface area contributed by atoms with Gasteiger partial charge in [0.2, 0.25) is 0 Å². The number of nitrogens with one attached hydrogen (secondary N) is 2. The van der Waals surface area contributed by atoms with Crippen molar-refractivity contribution in [1.29, 1.82) is 5.26 Å². The van der Waals surface area contributed by atoms with Gasteiger partial charge in [-0.3, -0.25) is 9.78 Å². The van der Waals surface area contributed by atoms with Gasteiger partial charge in [0.05, 0.1) is 28.7 Å². The molecule has 0 aliphatic carbocycles. The maximum Gasteiger partial charge on any atom is 0.257 e. The number of pyridine rings is 1. The van der Waals surface area contributed by atoms with E-state index in [0.717, 1.165) is 4.47 Å². The Bertz CT molecular complexity index is 709. The van der Waals surface area contributed by atoms with E-state index in [9.17, 15) is 4.79 Å². The Morgan fingerprint density at radius 3 is 2.90 bits per heavy atom. The van der Waals surface area contributed by atoms with Crippen LogP contribution >= 0.6 is 15.9 Å². The lowest BCUT2D eigenvalue weighted by Crippen LogP contribution is -2.15. The molecule has 1 heterocycles. The number of benzene rings is 1. The van der Waals surface area contributed by atoms with Crippen LogP contribution in [0, 0.1) is 11.3 Å². The lowest BCUT2D eigenvalue weighted by atomic mass is 10.1. The Morgan fingerprint density at radius 1 is 1.38 bits per heavy atom. The first-order valence-electron chi connectivity index (χ1n) is 6.34. The lowest BCUT2D eigenvalue weighted by Gasteiger charge is -2.11. The van der Waals surface area contributed by atoms with Crippen LogP contribution in [0.2, 0.25) is 0 Å². The third-order valence-electron chi connectivity index (χ3n) is 2.78. The number of nitrogens with zero attached hydrogens (tertiary/aromatic N) is 2. The first kappa shape index (κ1) is 15.0. The SMILES string of the molecule is CCNc1cnccc1C(=O)Nc1ccc(Br)cc1C#N. The molecule has 1 aromatic carbocycles. The summed E-state index contributed by atoms with van der Waals surface area (Å²) in [6, 6.07) is 8.82. The van der Waals surface area contributed by atoms with Crippen molar-refractivity contribution in [2.24, 2.45) is 0 Å². The maximum atomic E-state index is 12.4. The molecule has 0 unspecified atom stereocenters. The fraction of sp³-hybridized carbons (Fsp3) is 0.133. The zero-order valence-corrected chi connectivity index (χ0v) is 12.9. The Morgan fingerprint density at radius 2 is 2.19 bits per heavy atom. The summed E-state index contributed by atoms with van der Waals surface area (Å²) < 4.78 is 0.786. The van der Waals surface area contributed by atoms with E-state index in [2.05, 4.69) is 37.6 Å². The second kappa shape index (κ2) is 6.86. The van der Waals surface area contributed by atoms with Gasteiger partial charge in [0.25, 0.3) is 5.91 Å². The molecule has 0 bridgehead atoms. The molecule has 106 valence electrons. The lowest BCUT2D eigenvalue weighted by molar-refractivity contribution is 0.102. The van der Waals surface area contributed by atoms with Gasteiger partial charge < -0.3 is 10.6 Å². The summed E-state index contributed by atoms with van der Waals surface area (Å²) in [6.45, 7) is 2.63. The number of carbonyl (C=O) groups excluding carboxylic acids is 1. The summed E-state index contributed by atoms with van der Waals surface area (Å²) >= 11 is 3.30. The summed E-state index contributed by atoms with van der Waals surface area (Å²) in [4.78, 5) is 16.4. The van der Waals surface area contributed by atoms with Crippen LogP contribution in [-0.2, 0) is 0 Å². The van der Waals surface area contributed by atoms with E-state index < -0.39 is 0 Å². The molecular weight excluding hydrogens is 332 g/mol. The second-order valence-electron chi connectivity index (χ2n) is 4.21. The van der Waals surface area contributed by atoms with Crippen LogP contribution in [-0.4, -0.2) is 17.4 Å². The summed E-state index contributed by atoms with van der Waals surface area (Å²) in [6.07, 6.45) is 3.16. The predicted molar refractivity (Wildman–Crippen MR) is 85.2 cm³/mol. The van der Waals surface area contributed by atoms with E-state index in [-0.39, 0.29) is 5.91 Å². The third-order valence-corrected chi connectivity index (χ3v) is 3.28. The van der Waals surface area contributed by atoms with Crippen molar-refractivity contribution in [1.82, 2.24) is 4.98 Å². The monoisotopic (exact) mass is 344 g/mol. The van der Waals surface area contributed by atoms with Crippen molar-refractivity contribution in [3.05, 3.63) is 52.3 Å². The molecule has 0 saturated heterocycles. The van der Waals surface area contributed by atoms with Gasteiger partial charge in [0.1, 0.15) is 6.07 Å². The van der Waals surface area contributed by atoms with E-state index >= 15 is 0 Å². The van der Waals surface area contributed by atoms with Crippen molar-refractivity contribution < 1.29 is 4.79 Å². The first-order chi connectivity index (χ1) is 10.2. The van der Waals surface area contributed by atoms with Crippen LogP contribution in [0.1, 0.15) is 22.8 Å². The number of carbonyl (C=O) groups is 1. The van der Waals surface area contributed by atoms with Gasteiger partial charge in [-0.05, 0) is 31.2 Å². The zero-order valence-electron chi connectivity index (χ0n) is 11.4. The van der Waals surface area contributed by atoms with Gasteiger partial charge in [0, 0.05) is 17.2 Å². The zero-order chi connectivity index (χ0) is 15.2. The molecule has 21 heavy (non-hydrogen) atoms. The van der Waals surface area contributed by atoms with E-state index in [0.29, 0.717) is 29.0 Å². The van der Waals surface area contributed by atoms with Crippen molar-refractivity contribution in [2.75, 3.05) is 17.2 Å². The second-order valence-corrected chi connectivity index (χ2v) is 5.12. The quantitative estimate of drug-likeness (QED) is 0.890. The molecular formula is C15H13BrN4O. The van der Waals surface area contributed by atoms with Crippen LogP contribution in [0.15, 0.2) is 41.1 Å². The number of hydrogen-bond donors (Lipinski definition) is 2. The largest absolute Gasteiger partial charge is 0.383 e. The smallest absolute Gasteiger partial charge is 0.257 e. The van der Waals surface area contributed by atoms with Crippen LogP contribution in [0.3, 0.4) is 0 Å². The highest BCUT2D eigenvalue weighted by molar-refractivity contribution is 9.10. The molecule has 2 aromatic rings. The molecule has 0 atom stereocenters. The summed E-state index contributed by atoms with van der Waals surface area (Å²) in [5.41, 5.74) is 2.02. The molecule has 2 N–H and O–H groups in total. The number of halogens is 1. The Hall–Kier alpha value is -2.39. The number of nitriles is 1. The van der Waals surface area contributed by atoms with E-state index in [1.54, 1.807) is 36.7 Å². The minimum Gasteiger partial charge on any atom is -0.383 e. The van der Waals surface area contributed by atoms with E-state index in [1.165, 1.54) is 0 Å². The number of amides is 1. The number of anilines is 2. The molecule has 5 nitrogen and oxygen atoms in total. The van der Waals surface area contributed by atoms with Gasteiger partial charge in [-0.1, -0.05) is 15.9 Å². The average molecular weight is 345 g/mol. The third kappa shape index (κ3) is 3.58. The Labute approximate surface area is 131 Å². The van der Waals surface area contributed by atoms with Crippen molar-refractivity contribution >= 4 is 33.2 Å². The van der Waals surface area contributed by atoms with Gasteiger partial charge in [0.15, 0.2) is 0 Å². The summed E-state index contributed by atoms with van der Waals surface area (Å²) in [5, 5.41) is 15.0. The van der Waals surface area contributed by atoms with Crippen LogP contribution < -0.4 is 10.6 Å². The Balaban J connectivity index is 2.29. The number of hydrogen-bond acceptors (Lipinski definition) is 4. The van der Waals surface area contributed by atoms with Gasteiger partial charge in [-0.15, -0.1) is 0 Å². The molecule has 0 radical (unpaired) electrons. The first-order valence-corrected chi connectivity index (χ1v) is 7.14. The molecule has 2 rings (SSSR count). The van der Waals surface area contributed by atoms with Gasteiger partial charge in [-0.2, -0.15) is 5.26 Å². The summed E-state index contributed by atoms with van der Waals surface area (Å²) in [5.74, 6) is -0.285. The highest BCUT2D eigenvalue weighted by Crippen LogP contribution is 2.22. The number of rotatable bonds is 4. The Kier molecular flexibility index (Phi) is 4.90. The molecule has 0 saturated carbocycles. The minimum absolute atomic E-state index is 0.285. The molecule has 0 fully saturated rings. The average Bonchev–Trinajstić information content (AvgIpc) is 2.49. The summed E-state index contributed by atoms with van der Waals surface area (Å²) in [7, 11) is 0. The van der Waals surface area contributed by atoms with E-state index in [4.69, 9.17) is 5.26 Å². The predicted octanol–water partition coefficient (Wildman–Crippen LogP) is 3.40. The molecule has 0 spiro atoms. The topological polar surface area (TPSA) is 77.8 Å². The van der Waals surface area contributed by atoms with Crippen LogP contribution in [0.25, 0.3) is 0 Å². The van der Waals surface area contributed by atoms with Crippen molar-refractivity contribution in [3.63, 3.8) is 0 Å². The molecule has 6 heteroatoms. The van der Waals surface area contributed by atoms with Crippen molar-refractivity contribution in [2.45, 2.75) is 6.92 Å². The van der Waals surface area contributed by atoms with Crippen LogP contribution in [0.5, 0.6) is 0 Å². The highest BCUT2D eigenvalue weighted by Gasteiger charge is 2.13. The molecule has 1 aromatic heterocycles. The molecule has 0 aliphatic heterocycles. The highest BCUT2D eigenvalue weighted by atomic mass is 79.9. The fourth-order valence-electron chi connectivity index (χ4n) is 1.83. The normalized spacial score (nSPS) is 9.76. The van der Waals surface area contributed by atoms with E-state index in [1.807, 2.05) is 6.92 Å². The fourth-order valence-corrected chi connectivity index (χ4v) is 2.19. The van der Waals surface area contributed by atoms with Crippen molar-refractivity contribution in [3.8, 4) is 6.07 Å². The standard InChI is InChI=1S/C15H13BrN4O/c1-2-19-14-9-18-6-5-12(14)15(21)20-13-4-3-11(16)7-10(13)8-17/h3-7,9,19H,2H2,1H3,(H,20,21).